The Kier molecular flexibility index (Phi) is 4.86. The second-order valence-electron chi connectivity index (χ2n) is 4.81. The molecule has 1 aromatic heterocycles. The van der Waals surface area contributed by atoms with E-state index in [0.717, 1.165) is 30.4 Å². The summed E-state index contributed by atoms with van der Waals surface area (Å²) in [5.41, 5.74) is 0. The zero-order valence-corrected chi connectivity index (χ0v) is 12.0. The van der Waals surface area contributed by atoms with Crippen molar-refractivity contribution < 1.29 is 4.74 Å². The van der Waals surface area contributed by atoms with Gasteiger partial charge in [0.1, 0.15) is 0 Å². The summed E-state index contributed by atoms with van der Waals surface area (Å²) in [7, 11) is 2.06. The maximum atomic E-state index is 5.98. The van der Waals surface area contributed by atoms with Gasteiger partial charge in [-0.1, -0.05) is 18.5 Å². The molecule has 3 unspecified atom stereocenters. The van der Waals surface area contributed by atoms with Crippen LogP contribution in [-0.4, -0.2) is 26.3 Å². The summed E-state index contributed by atoms with van der Waals surface area (Å²) in [6.45, 7) is 4.09. The van der Waals surface area contributed by atoms with E-state index in [1.807, 2.05) is 6.07 Å². The van der Waals surface area contributed by atoms with E-state index in [4.69, 9.17) is 16.3 Å². The molecule has 1 aliphatic rings. The lowest BCUT2D eigenvalue weighted by molar-refractivity contribution is 0.0120. The average molecular weight is 274 g/mol. The molecule has 0 aromatic carbocycles. The van der Waals surface area contributed by atoms with Crippen LogP contribution < -0.4 is 5.32 Å². The van der Waals surface area contributed by atoms with Crippen LogP contribution in [0.15, 0.2) is 12.1 Å². The summed E-state index contributed by atoms with van der Waals surface area (Å²) in [6.07, 6.45) is 2.23. The molecule has 0 amide bonds. The molecule has 0 bridgehead atoms. The normalized spacial score (nSPS) is 27.0. The first-order valence-electron chi connectivity index (χ1n) is 6.20. The highest BCUT2D eigenvalue weighted by Crippen LogP contribution is 2.29. The van der Waals surface area contributed by atoms with Gasteiger partial charge in [-0.15, -0.1) is 11.3 Å². The van der Waals surface area contributed by atoms with E-state index >= 15 is 0 Å². The molecule has 2 heterocycles. The summed E-state index contributed by atoms with van der Waals surface area (Å²) in [6, 6.07) is 4.66. The molecule has 0 aliphatic carbocycles. The first-order valence-corrected chi connectivity index (χ1v) is 7.39. The first-order chi connectivity index (χ1) is 8.20. The second-order valence-corrected chi connectivity index (χ2v) is 6.61. The van der Waals surface area contributed by atoms with Crippen LogP contribution in [0.2, 0.25) is 4.34 Å². The zero-order chi connectivity index (χ0) is 12.3. The fraction of sp³-hybridized carbons (Fsp3) is 0.692. The number of nitrogens with one attached hydrogen (secondary N) is 1. The van der Waals surface area contributed by atoms with Gasteiger partial charge < -0.3 is 10.1 Å². The monoisotopic (exact) mass is 273 g/mol. The Morgan fingerprint density at radius 3 is 3.00 bits per heavy atom. The smallest absolute Gasteiger partial charge is 0.0931 e. The zero-order valence-electron chi connectivity index (χ0n) is 10.4. The van der Waals surface area contributed by atoms with Crippen molar-refractivity contribution in [3.8, 4) is 0 Å². The van der Waals surface area contributed by atoms with Crippen LogP contribution in [0.3, 0.4) is 0 Å². The van der Waals surface area contributed by atoms with Gasteiger partial charge in [0.05, 0.1) is 4.34 Å². The number of thiophene rings is 1. The van der Waals surface area contributed by atoms with Crippen molar-refractivity contribution in [1.29, 1.82) is 0 Å². The lowest BCUT2D eigenvalue weighted by Crippen LogP contribution is -2.42. The van der Waals surface area contributed by atoms with Gasteiger partial charge in [0.25, 0.3) is 0 Å². The Hall–Kier alpha value is -0.0900. The molecule has 1 fully saturated rings. The molecule has 2 nitrogen and oxygen atoms in total. The Labute approximate surface area is 112 Å². The van der Waals surface area contributed by atoms with E-state index in [1.165, 1.54) is 4.88 Å². The van der Waals surface area contributed by atoms with Crippen LogP contribution >= 0.6 is 22.9 Å². The number of hydrogen-bond acceptors (Lipinski definition) is 3. The topological polar surface area (TPSA) is 21.3 Å². The molecular weight excluding hydrogens is 254 g/mol. The lowest BCUT2D eigenvalue weighted by atomic mass is 9.82. The van der Waals surface area contributed by atoms with Crippen LogP contribution in [0, 0.1) is 11.8 Å². The molecule has 1 saturated heterocycles. The third-order valence-electron chi connectivity index (χ3n) is 3.64. The van der Waals surface area contributed by atoms with Gasteiger partial charge >= 0.3 is 0 Å². The molecule has 0 spiro atoms. The number of ether oxygens (including phenoxy) is 1. The van der Waals surface area contributed by atoms with Crippen LogP contribution in [-0.2, 0) is 11.2 Å². The Morgan fingerprint density at radius 1 is 1.59 bits per heavy atom. The molecule has 0 saturated carbocycles. The second kappa shape index (κ2) is 6.19. The standard InChI is InChI=1S/C13H20ClNOS/c1-9-8-16-6-5-11(9)12(15-2)7-10-3-4-13(14)17-10/h3-4,9,11-12,15H,5-8H2,1-2H3. The quantitative estimate of drug-likeness (QED) is 0.910. The van der Waals surface area contributed by atoms with Crippen LogP contribution in [0.5, 0.6) is 0 Å². The SMILES string of the molecule is CNC(Cc1ccc(Cl)s1)C1CCOCC1C. The lowest BCUT2D eigenvalue weighted by Gasteiger charge is -2.35. The van der Waals surface area contributed by atoms with Gasteiger partial charge in [-0.3, -0.25) is 0 Å². The molecule has 2 rings (SSSR count). The van der Waals surface area contributed by atoms with Gasteiger partial charge in [0, 0.05) is 24.1 Å². The minimum absolute atomic E-state index is 0.531. The Balaban J connectivity index is 2.00. The number of halogens is 1. The fourth-order valence-electron chi connectivity index (χ4n) is 2.64. The van der Waals surface area contributed by atoms with E-state index in [9.17, 15) is 0 Å². The van der Waals surface area contributed by atoms with Crippen molar-refractivity contribution in [3.05, 3.63) is 21.3 Å². The molecule has 1 N–H and O–H groups in total. The highest BCUT2D eigenvalue weighted by molar-refractivity contribution is 7.16. The van der Waals surface area contributed by atoms with Gasteiger partial charge in [-0.2, -0.15) is 0 Å². The van der Waals surface area contributed by atoms with Gasteiger partial charge in [0.15, 0.2) is 0 Å². The van der Waals surface area contributed by atoms with Gasteiger partial charge in [-0.25, -0.2) is 0 Å². The number of rotatable bonds is 4. The summed E-state index contributed by atoms with van der Waals surface area (Å²) >= 11 is 7.67. The van der Waals surface area contributed by atoms with E-state index in [-0.39, 0.29) is 0 Å². The predicted octanol–water partition coefficient (Wildman–Crippen LogP) is 3.20. The number of likely N-dealkylation sites (N-methyl/N-ethyl adjacent to an activating group) is 1. The third kappa shape index (κ3) is 3.44. The highest BCUT2D eigenvalue weighted by Gasteiger charge is 2.29. The van der Waals surface area contributed by atoms with Crippen molar-refractivity contribution in [3.63, 3.8) is 0 Å². The minimum Gasteiger partial charge on any atom is -0.381 e. The fourth-order valence-corrected chi connectivity index (χ4v) is 3.79. The van der Waals surface area contributed by atoms with Crippen molar-refractivity contribution in [2.45, 2.75) is 25.8 Å². The van der Waals surface area contributed by atoms with Crippen LogP contribution in [0.4, 0.5) is 0 Å². The van der Waals surface area contributed by atoms with Crippen molar-refractivity contribution >= 4 is 22.9 Å². The van der Waals surface area contributed by atoms with Crippen molar-refractivity contribution in [1.82, 2.24) is 5.32 Å². The predicted molar refractivity (Wildman–Crippen MR) is 74.0 cm³/mol. The maximum Gasteiger partial charge on any atom is 0.0931 e. The van der Waals surface area contributed by atoms with E-state index in [2.05, 4.69) is 25.4 Å². The summed E-state index contributed by atoms with van der Waals surface area (Å²) in [5, 5.41) is 3.47. The average Bonchev–Trinajstić information content (AvgIpc) is 2.73. The third-order valence-corrected chi connectivity index (χ3v) is 4.90. The van der Waals surface area contributed by atoms with E-state index in [1.54, 1.807) is 11.3 Å². The van der Waals surface area contributed by atoms with Gasteiger partial charge in [0.2, 0.25) is 0 Å². The molecule has 96 valence electrons. The van der Waals surface area contributed by atoms with Crippen LogP contribution in [0.1, 0.15) is 18.2 Å². The minimum atomic E-state index is 0.531. The summed E-state index contributed by atoms with van der Waals surface area (Å²) in [4.78, 5) is 1.37. The largest absolute Gasteiger partial charge is 0.381 e. The Morgan fingerprint density at radius 2 is 2.41 bits per heavy atom. The van der Waals surface area contributed by atoms with Crippen LogP contribution in [0.25, 0.3) is 0 Å². The summed E-state index contributed by atoms with van der Waals surface area (Å²) < 4.78 is 6.40. The first kappa shape index (κ1) is 13.3. The molecule has 1 aliphatic heterocycles. The number of hydrogen-bond donors (Lipinski definition) is 1. The maximum absolute atomic E-state index is 5.98. The molecule has 0 radical (unpaired) electrons. The summed E-state index contributed by atoms with van der Waals surface area (Å²) in [5.74, 6) is 1.34. The molecule has 1 aromatic rings. The molecule has 17 heavy (non-hydrogen) atoms. The van der Waals surface area contributed by atoms with Crippen molar-refractivity contribution in [2.75, 3.05) is 20.3 Å². The molecular formula is C13H20ClNOS. The van der Waals surface area contributed by atoms with E-state index in [0.29, 0.717) is 17.9 Å². The molecule has 4 heteroatoms. The van der Waals surface area contributed by atoms with E-state index < -0.39 is 0 Å². The Bertz CT molecular complexity index is 355. The van der Waals surface area contributed by atoms with Gasteiger partial charge in [-0.05, 0) is 43.9 Å². The highest BCUT2D eigenvalue weighted by atomic mass is 35.5. The molecule has 3 atom stereocenters. The van der Waals surface area contributed by atoms with Crippen molar-refractivity contribution in [2.24, 2.45) is 11.8 Å².